The predicted octanol–water partition coefficient (Wildman–Crippen LogP) is -1.62. The minimum absolute atomic E-state index is 0.00530. The standard InChI is InChI=1S/C25H39N7O8/c1-13(2)10-17(22(37)32-19(24(39)40)11-14-5-7-15(33)8-6-14)31-23(38)18(12-20(34)35)30-21(36)16(26)4-3-9-29-25(27)28/h5-8,13,16-19,33H,3-4,9-12,26H2,1-2H3,(H,30,36)(H,31,38)(H,32,37)(H,34,35)(H,39,40)(H4,27,28,29). The quantitative estimate of drug-likeness (QED) is 0.0587. The van der Waals surface area contributed by atoms with E-state index in [1.807, 2.05) is 0 Å². The zero-order chi connectivity index (χ0) is 30.4. The number of phenols is 1. The number of hydrogen-bond acceptors (Lipinski definition) is 8. The lowest BCUT2D eigenvalue weighted by Crippen LogP contribution is -2.57. The minimum Gasteiger partial charge on any atom is -0.508 e. The highest BCUT2D eigenvalue weighted by Gasteiger charge is 2.32. The second-order valence-electron chi connectivity index (χ2n) is 9.68. The maximum atomic E-state index is 13.1. The molecule has 12 N–H and O–H groups in total. The number of nitrogens with zero attached hydrogens (tertiary/aromatic N) is 1. The van der Waals surface area contributed by atoms with Gasteiger partial charge in [-0.25, -0.2) is 4.79 Å². The number of carboxylic acid groups (broad SMARTS) is 2. The fourth-order valence-electron chi connectivity index (χ4n) is 3.63. The molecular weight excluding hydrogens is 526 g/mol. The Kier molecular flexibility index (Phi) is 13.9. The Bertz CT molecular complexity index is 1060. The molecule has 222 valence electrons. The molecule has 1 rings (SSSR count). The van der Waals surface area contributed by atoms with Crippen LogP contribution in [0.25, 0.3) is 0 Å². The summed E-state index contributed by atoms with van der Waals surface area (Å²) in [5.41, 5.74) is 16.9. The van der Waals surface area contributed by atoms with Crippen LogP contribution in [-0.2, 0) is 30.4 Å². The van der Waals surface area contributed by atoms with Crippen LogP contribution in [0.1, 0.15) is 45.1 Å². The van der Waals surface area contributed by atoms with Gasteiger partial charge < -0.3 is 48.5 Å². The molecule has 4 atom stereocenters. The topological polar surface area (TPSA) is 273 Å². The summed E-state index contributed by atoms with van der Waals surface area (Å²) >= 11 is 0. The fourth-order valence-corrected chi connectivity index (χ4v) is 3.63. The average molecular weight is 566 g/mol. The van der Waals surface area contributed by atoms with Crippen molar-refractivity contribution in [3.05, 3.63) is 29.8 Å². The highest BCUT2D eigenvalue weighted by atomic mass is 16.4. The van der Waals surface area contributed by atoms with Crippen LogP contribution in [0.5, 0.6) is 5.75 Å². The molecule has 0 saturated heterocycles. The number of aliphatic imine (C=N–C) groups is 1. The van der Waals surface area contributed by atoms with Gasteiger partial charge in [0.25, 0.3) is 0 Å². The Morgan fingerprint density at radius 2 is 1.43 bits per heavy atom. The monoisotopic (exact) mass is 565 g/mol. The molecular formula is C25H39N7O8. The van der Waals surface area contributed by atoms with Gasteiger partial charge in [-0.3, -0.25) is 24.2 Å². The van der Waals surface area contributed by atoms with E-state index in [4.69, 9.17) is 17.2 Å². The van der Waals surface area contributed by atoms with Crippen molar-refractivity contribution in [1.82, 2.24) is 16.0 Å². The van der Waals surface area contributed by atoms with Crippen molar-refractivity contribution in [2.75, 3.05) is 6.54 Å². The highest BCUT2D eigenvalue weighted by molar-refractivity contribution is 5.95. The Hall–Kier alpha value is -4.40. The molecule has 0 aliphatic heterocycles. The Morgan fingerprint density at radius 1 is 0.875 bits per heavy atom. The van der Waals surface area contributed by atoms with Gasteiger partial charge in [0.2, 0.25) is 17.7 Å². The van der Waals surface area contributed by atoms with Crippen LogP contribution in [0, 0.1) is 5.92 Å². The van der Waals surface area contributed by atoms with E-state index in [-0.39, 0.29) is 43.4 Å². The summed E-state index contributed by atoms with van der Waals surface area (Å²) in [6, 6.07) is 0.568. The molecule has 15 nitrogen and oxygen atoms in total. The molecule has 1 aromatic carbocycles. The molecule has 3 amide bonds. The second kappa shape index (κ2) is 16.5. The molecule has 0 saturated carbocycles. The van der Waals surface area contributed by atoms with Crippen LogP contribution in [-0.4, -0.2) is 81.7 Å². The number of aliphatic carboxylic acids is 2. The molecule has 15 heteroatoms. The number of carboxylic acids is 2. The molecule has 0 aliphatic rings. The lowest BCUT2D eigenvalue weighted by Gasteiger charge is -2.25. The molecule has 0 aliphatic carbocycles. The molecule has 0 radical (unpaired) electrons. The summed E-state index contributed by atoms with van der Waals surface area (Å²) in [5, 5.41) is 35.5. The van der Waals surface area contributed by atoms with Crippen molar-refractivity contribution in [3.63, 3.8) is 0 Å². The number of nitrogens with two attached hydrogens (primary N) is 3. The SMILES string of the molecule is CC(C)CC(NC(=O)C(CC(=O)O)NC(=O)C(N)CCCN=C(N)N)C(=O)NC(Cc1ccc(O)cc1)C(=O)O. The number of nitrogens with one attached hydrogen (secondary N) is 3. The number of hydrogen-bond donors (Lipinski definition) is 9. The van der Waals surface area contributed by atoms with Crippen LogP contribution in [0.15, 0.2) is 29.3 Å². The van der Waals surface area contributed by atoms with Gasteiger partial charge in [-0.1, -0.05) is 26.0 Å². The van der Waals surface area contributed by atoms with Crippen molar-refractivity contribution in [2.24, 2.45) is 28.1 Å². The lowest BCUT2D eigenvalue weighted by molar-refractivity contribution is -0.143. The third-order valence-corrected chi connectivity index (χ3v) is 5.65. The van der Waals surface area contributed by atoms with E-state index < -0.39 is 60.2 Å². The van der Waals surface area contributed by atoms with Gasteiger partial charge in [0.15, 0.2) is 5.96 Å². The van der Waals surface area contributed by atoms with Crippen LogP contribution < -0.4 is 33.2 Å². The molecule has 1 aromatic rings. The number of carbonyl (C=O) groups is 5. The normalized spacial score (nSPS) is 13.8. The first kappa shape index (κ1) is 33.6. The van der Waals surface area contributed by atoms with E-state index in [9.17, 15) is 39.3 Å². The van der Waals surface area contributed by atoms with Gasteiger partial charge in [0.1, 0.15) is 23.9 Å². The first-order chi connectivity index (χ1) is 18.7. The van der Waals surface area contributed by atoms with Crippen molar-refractivity contribution < 1.29 is 39.3 Å². The van der Waals surface area contributed by atoms with Gasteiger partial charge in [-0.05, 0) is 42.9 Å². The Labute approximate surface area is 231 Å². The third kappa shape index (κ3) is 12.9. The van der Waals surface area contributed by atoms with Gasteiger partial charge in [-0.15, -0.1) is 0 Å². The van der Waals surface area contributed by atoms with Crippen molar-refractivity contribution in [1.29, 1.82) is 0 Å². The highest BCUT2D eigenvalue weighted by Crippen LogP contribution is 2.12. The van der Waals surface area contributed by atoms with Crippen LogP contribution in [0.3, 0.4) is 0 Å². The number of amides is 3. The summed E-state index contributed by atoms with van der Waals surface area (Å²) in [7, 11) is 0. The fraction of sp³-hybridized carbons (Fsp3) is 0.520. The number of guanidine groups is 1. The van der Waals surface area contributed by atoms with Crippen molar-refractivity contribution in [2.45, 2.75) is 70.1 Å². The third-order valence-electron chi connectivity index (χ3n) is 5.65. The molecule has 4 unspecified atom stereocenters. The van der Waals surface area contributed by atoms with E-state index >= 15 is 0 Å². The van der Waals surface area contributed by atoms with Gasteiger partial charge in [0, 0.05) is 13.0 Å². The zero-order valence-electron chi connectivity index (χ0n) is 22.5. The van der Waals surface area contributed by atoms with Gasteiger partial charge in [-0.2, -0.15) is 0 Å². The number of phenolic OH excluding ortho intramolecular Hbond substituents is 1. The lowest BCUT2D eigenvalue weighted by atomic mass is 10.0. The van der Waals surface area contributed by atoms with E-state index in [1.54, 1.807) is 13.8 Å². The van der Waals surface area contributed by atoms with Gasteiger partial charge >= 0.3 is 11.9 Å². The first-order valence-corrected chi connectivity index (χ1v) is 12.6. The van der Waals surface area contributed by atoms with E-state index in [2.05, 4.69) is 20.9 Å². The van der Waals surface area contributed by atoms with Crippen molar-refractivity contribution >= 4 is 35.6 Å². The number of benzene rings is 1. The zero-order valence-corrected chi connectivity index (χ0v) is 22.5. The summed E-state index contributed by atoms with van der Waals surface area (Å²) in [6.07, 6.45) is -0.273. The maximum absolute atomic E-state index is 13.1. The summed E-state index contributed by atoms with van der Waals surface area (Å²) < 4.78 is 0. The average Bonchev–Trinajstić information content (AvgIpc) is 2.85. The number of carbonyl (C=O) groups excluding carboxylic acids is 3. The van der Waals surface area contributed by atoms with Crippen LogP contribution in [0.2, 0.25) is 0 Å². The molecule has 0 bridgehead atoms. The van der Waals surface area contributed by atoms with Gasteiger partial charge in [0.05, 0.1) is 12.5 Å². The summed E-state index contributed by atoms with van der Waals surface area (Å²) in [4.78, 5) is 65.6. The number of rotatable bonds is 17. The second-order valence-corrected chi connectivity index (χ2v) is 9.68. The Balaban J connectivity index is 2.96. The summed E-state index contributed by atoms with van der Waals surface area (Å²) in [5.74, 6) is -5.48. The predicted molar refractivity (Wildman–Crippen MR) is 145 cm³/mol. The van der Waals surface area contributed by atoms with Crippen LogP contribution >= 0.6 is 0 Å². The minimum atomic E-state index is -1.55. The largest absolute Gasteiger partial charge is 0.508 e. The first-order valence-electron chi connectivity index (χ1n) is 12.6. The summed E-state index contributed by atoms with van der Waals surface area (Å²) in [6.45, 7) is 3.77. The maximum Gasteiger partial charge on any atom is 0.326 e. The number of aromatic hydroxyl groups is 1. The molecule has 0 fully saturated rings. The van der Waals surface area contributed by atoms with E-state index in [1.165, 1.54) is 24.3 Å². The molecule has 40 heavy (non-hydrogen) atoms. The Morgan fingerprint density at radius 3 is 1.95 bits per heavy atom. The van der Waals surface area contributed by atoms with E-state index in [0.717, 1.165) is 0 Å². The van der Waals surface area contributed by atoms with Crippen molar-refractivity contribution in [3.8, 4) is 5.75 Å². The van der Waals surface area contributed by atoms with E-state index in [0.29, 0.717) is 12.0 Å². The van der Waals surface area contributed by atoms with Crippen LogP contribution in [0.4, 0.5) is 0 Å². The molecule has 0 heterocycles. The smallest absolute Gasteiger partial charge is 0.326 e. The molecule has 0 aromatic heterocycles. The molecule has 0 spiro atoms.